The predicted molar refractivity (Wildman–Crippen MR) is 74.2 cm³/mol. The van der Waals surface area contributed by atoms with E-state index in [1.807, 2.05) is 12.1 Å². The van der Waals surface area contributed by atoms with Gasteiger partial charge in [0, 0.05) is 5.56 Å². The molecule has 2 aromatic carbocycles. The molecular weight excluding hydrogens is 259 g/mol. The molecule has 0 aliphatic heterocycles. The summed E-state index contributed by atoms with van der Waals surface area (Å²) < 4.78 is 19.2. The fourth-order valence-electron chi connectivity index (χ4n) is 1.75. The zero-order valence-electron chi connectivity index (χ0n) is 10.8. The van der Waals surface area contributed by atoms with Crippen LogP contribution in [0.15, 0.2) is 42.5 Å². The summed E-state index contributed by atoms with van der Waals surface area (Å²) in [7, 11) is 0. The van der Waals surface area contributed by atoms with Crippen LogP contribution in [-0.4, -0.2) is 12.5 Å². The molecule has 0 unspecified atom stereocenters. The molecule has 0 heterocycles. The van der Waals surface area contributed by atoms with Crippen LogP contribution in [0.25, 0.3) is 0 Å². The van der Waals surface area contributed by atoms with Gasteiger partial charge < -0.3 is 16.2 Å². The largest absolute Gasteiger partial charge is 0.454 e. The normalized spacial score (nSPS) is 10.3. The van der Waals surface area contributed by atoms with Crippen molar-refractivity contribution in [3.8, 4) is 11.5 Å². The summed E-state index contributed by atoms with van der Waals surface area (Å²) in [4.78, 5) is 10.9. The van der Waals surface area contributed by atoms with E-state index in [1.54, 1.807) is 12.1 Å². The average Bonchev–Trinajstić information content (AvgIpc) is 2.43. The van der Waals surface area contributed by atoms with Crippen molar-refractivity contribution >= 4 is 5.91 Å². The van der Waals surface area contributed by atoms with Gasteiger partial charge in [0.25, 0.3) is 0 Å². The lowest BCUT2D eigenvalue weighted by Crippen LogP contribution is -2.11. The van der Waals surface area contributed by atoms with E-state index in [1.165, 1.54) is 12.1 Å². The Balaban J connectivity index is 2.15. The SMILES string of the molecule is NCCc1ccc(Oc2ccc(C(N)=O)cc2F)cc1. The monoisotopic (exact) mass is 274 g/mol. The van der Waals surface area contributed by atoms with Gasteiger partial charge in [0.2, 0.25) is 5.91 Å². The Hall–Kier alpha value is -2.40. The van der Waals surface area contributed by atoms with E-state index >= 15 is 0 Å². The molecule has 2 rings (SSSR count). The third-order valence-corrected chi connectivity index (χ3v) is 2.80. The van der Waals surface area contributed by atoms with Crippen LogP contribution in [0, 0.1) is 5.82 Å². The second kappa shape index (κ2) is 6.16. The van der Waals surface area contributed by atoms with Crippen LogP contribution in [-0.2, 0) is 6.42 Å². The third-order valence-electron chi connectivity index (χ3n) is 2.80. The summed E-state index contributed by atoms with van der Waals surface area (Å²) in [5.41, 5.74) is 11.7. The van der Waals surface area contributed by atoms with Gasteiger partial charge in [-0.3, -0.25) is 4.79 Å². The van der Waals surface area contributed by atoms with Gasteiger partial charge >= 0.3 is 0 Å². The highest BCUT2D eigenvalue weighted by molar-refractivity contribution is 5.92. The second-order valence-electron chi connectivity index (χ2n) is 4.29. The number of carbonyl (C=O) groups excluding carboxylic acids is 1. The molecule has 1 amide bonds. The number of benzene rings is 2. The number of hydrogen-bond donors (Lipinski definition) is 2. The Morgan fingerprint density at radius 2 is 1.85 bits per heavy atom. The minimum Gasteiger partial charge on any atom is -0.454 e. The van der Waals surface area contributed by atoms with E-state index < -0.39 is 11.7 Å². The van der Waals surface area contributed by atoms with Crippen molar-refractivity contribution in [1.82, 2.24) is 0 Å². The van der Waals surface area contributed by atoms with Gasteiger partial charge in [-0.15, -0.1) is 0 Å². The lowest BCUT2D eigenvalue weighted by Gasteiger charge is -2.08. The Morgan fingerprint density at radius 3 is 2.40 bits per heavy atom. The number of ether oxygens (including phenoxy) is 1. The van der Waals surface area contributed by atoms with Gasteiger partial charge in [-0.1, -0.05) is 12.1 Å². The number of carbonyl (C=O) groups is 1. The van der Waals surface area contributed by atoms with E-state index in [0.717, 1.165) is 18.1 Å². The summed E-state index contributed by atoms with van der Waals surface area (Å²) >= 11 is 0. The fourth-order valence-corrected chi connectivity index (χ4v) is 1.75. The van der Waals surface area contributed by atoms with Crippen LogP contribution < -0.4 is 16.2 Å². The highest BCUT2D eigenvalue weighted by atomic mass is 19.1. The molecule has 0 aromatic heterocycles. The molecule has 4 nitrogen and oxygen atoms in total. The molecule has 4 N–H and O–H groups in total. The Bertz CT molecular complexity index is 612. The molecule has 20 heavy (non-hydrogen) atoms. The van der Waals surface area contributed by atoms with Crippen molar-refractivity contribution in [1.29, 1.82) is 0 Å². The molecule has 2 aromatic rings. The molecule has 0 spiro atoms. The van der Waals surface area contributed by atoms with Crippen LogP contribution in [0.3, 0.4) is 0 Å². The van der Waals surface area contributed by atoms with E-state index in [-0.39, 0.29) is 11.3 Å². The maximum absolute atomic E-state index is 13.7. The van der Waals surface area contributed by atoms with Gasteiger partial charge in [-0.25, -0.2) is 4.39 Å². The Kier molecular flexibility index (Phi) is 4.32. The molecule has 104 valence electrons. The van der Waals surface area contributed by atoms with Gasteiger partial charge in [-0.2, -0.15) is 0 Å². The van der Waals surface area contributed by atoms with E-state index in [2.05, 4.69) is 0 Å². The lowest BCUT2D eigenvalue weighted by molar-refractivity contribution is 0.1000. The summed E-state index contributed by atoms with van der Waals surface area (Å²) in [6, 6.07) is 11.1. The van der Waals surface area contributed by atoms with Crippen LogP contribution in [0.4, 0.5) is 4.39 Å². The number of rotatable bonds is 5. The average molecular weight is 274 g/mol. The molecule has 0 saturated carbocycles. The van der Waals surface area contributed by atoms with Crippen molar-refractivity contribution in [2.75, 3.05) is 6.54 Å². The van der Waals surface area contributed by atoms with Crippen LogP contribution in [0.1, 0.15) is 15.9 Å². The summed E-state index contributed by atoms with van der Waals surface area (Å²) in [5.74, 6) is -0.757. The summed E-state index contributed by atoms with van der Waals surface area (Å²) in [5, 5.41) is 0. The Labute approximate surface area is 116 Å². The topological polar surface area (TPSA) is 78.3 Å². The lowest BCUT2D eigenvalue weighted by atomic mass is 10.1. The zero-order valence-corrected chi connectivity index (χ0v) is 10.8. The number of hydrogen-bond acceptors (Lipinski definition) is 3. The molecule has 0 aliphatic rings. The highest BCUT2D eigenvalue weighted by Gasteiger charge is 2.08. The Morgan fingerprint density at radius 1 is 1.15 bits per heavy atom. The summed E-state index contributed by atoms with van der Waals surface area (Å²) in [6.07, 6.45) is 0.780. The van der Waals surface area contributed by atoms with Crippen molar-refractivity contribution in [3.05, 3.63) is 59.4 Å². The van der Waals surface area contributed by atoms with E-state index in [9.17, 15) is 9.18 Å². The first-order valence-corrected chi connectivity index (χ1v) is 6.16. The van der Waals surface area contributed by atoms with Crippen molar-refractivity contribution in [2.45, 2.75) is 6.42 Å². The first-order chi connectivity index (χ1) is 9.60. The molecular formula is C15H15FN2O2. The molecule has 0 saturated heterocycles. The van der Waals surface area contributed by atoms with Crippen molar-refractivity contribution in [2.24, 2.45) is 11.5 Å². The standard InChI is InChI=1S/C15H15FN2O2/c16-13-9-11(15(18)19)3-6-14(13)20-12-4-1-10(2-5-12)7-8-17/h1-6,9H,7-8,17H2,(H2,18,19). The molecule has 0 bridgehead atoms. The molecule has 0 aliphatic carbocycles. The summed E-state index contributed by atoms with van der Waals surface area (Å²) in [6.45, 7) is 0.573. The van der Waals surface area contributed by atoms with E-state index in [0.29, 0.717) is 12.3 Å². The highest BCUT2D eigenvalue weighted by Crippen LogP contribution is 2.25. The predicted octanol–water partition coefficient (Wildman–Crippen LogP) is 2.22. The third kappa shape index (κ3) is 3.33. The fraction of sp³-hybridized carbons (Fsp3) is 0.133. The number of halogens is 1. The minimum absolute atomic E-state index is 0.0431. The molecule has 0 radical (unpaired) electrons. The van der Waals surface area contributed by atoms with Crippen LogP contribution in [0.2, 0.25) is 0 Å². The molecule has 0 fully saturated rings. The van der Waals surface area contributed by atoms with Crippen molar-refractivity contribution in [3.63, 3.8) is 0 Å². The maximum atomic E-state index is 13.7. The maximum Gasteiger partial charge on any atom is 0.248 e. The van der Waals surface area contributed by atoms with Gasteiger partial charge in [0.15, 0.2) is 11.6 Å². The number of nitrogens with two attached hydrogens (primary N) is 2. The first kappa shape index (κ1) is 14.0. The van der Waals surface area contributed by atoms with Gasteiger partial charge in [0.05, 0.1) is 0 Å². The zero-order chi connectivity index (χ0) is 14.5. The molecule has 5 heteroatoms. The van der Waals surface area contributed by atoms with Gasteiger partial charge in [0.1, 0.15) is 5.75 Å². The van der Waals surface area contributed by atoms with Gasteiger partial charge in [-0.05, 0) is 48.9 Å². The second-order valence-corrected chi connectivity index (χ2v) is 4.29. The number of amides is 1. The first-order valence-electron chi connectivity index (χ1n) is 6.16. The smallest absolute Gasteiger partial charge is 0.248 e. The quantitative estimate of drug-likeness (QED) is 0.877. The van der Waals surface area contributed by atoms with E-state index in [4.69, 9.17) is 16.2 Å². The molecule has 0 atom stereocenters. The minimum atomic E-state index is -0.679. The van der Waals surface area contributed by atoms with Crippen molar-refractivity contribution < 1.29 is 13.9 Å². The van der Waals surface area contributed by atoms with Crippen LogP contribution in [0.5, 0.6) is 11.5 Å². The van der Waals surface area contributed by atoms with Crippen LogP contribution >= 0.6 is 0 Å². The number of primary amides is 1.